The molecule has 34 heavy (non-hydrogen) atoms. The van der Waals surface area contributed by atoms with Gasteiger partial charge in [-0.3, -0.25) is 8.51 Å². The van der Waals surface area contributed by atoms with Gasteiger partial charge in [-0.15, -0.1) is 0 Å². The van der Waals surface area contributed by atoms with Crippen LogP contribution >= 0.6 is 0 Å². The van der Waals surface area contributed by atoms with E-state index in [1.54, 1.807) is 18.2 Å². The van der Waals surface area contributed by atoms with Crippen LogP contribution in [0, 0.1) is 11.8 Å². The number of carbonyl (C=O) groups is 1. The standard InChI is InChI=1S/C25H31N3O5S/c1-2-27-12-10-16(14-27)9-11-26-20-5-3-4-6-21(20)28(34(31)32)22-8-7-18-19-13-17(19)15-33-24(18)23(22)25(29)30/h3-8,16-17,19,26H,2,9-15H2,1H3,(H,29,30)(H,31,32)/p-1/t16-,17?,19?/m1/s1. The molecule has 2 aromatic carbocycles. The fourth-order valence-electron chi connectivity index (χ4n) is 5.35. The Morgan fingerprint density at radius 1 is 1.29 bits per heavy atom. The molecular weight excluding hydrogens is 454 g/mol. The smallest absolute Gasteiger partial charge is 0.341 e. The van der Waals surface area contributed by atoms with Crippen molar-refractivity contribution >= 4 is 34.3 Å². The molecule has 2 N–H and O–H groups in total. The van der Waals surface area contributed by atoms with Crippen LogP contribution in [0.15, 0.2) is 36.4 Å². The van der Waals surface area contributed by atoms with Gasteiger partial charge in [-0.05, 0) is 68.0 Å². The Bertz CT molecular complexity index is 1110. The van der Waals surface area contributed by atoms with Gasteiger partial charge in [0.1, 0.15) is 11.3 Å². The first kappa shape index (κ1) is 23.1. The summed E-state index contributed by atoms with van der Waals surface area (Å²) in [5.74, 6) is 0.445. The molecule has 4 atom stereocenters. The van der Waals surface area contributed by atoms with Gasteiger partial charge in [-0.1, -0.05) is 25.1 Å². The monoisotopic (exact) mass is 484 g/mol. The molecule has 0 amide bonds. The Morgan fingerprint density at radius 2 is 2.12 bits per heavy atom. The number of fused-ring (bicyclic) bond motifs is 3. The zero-order chi connectivity index (χ0) is 23.8. The van der Waals surface area contributed by atoms with Crippen molar-refractivity contribution in [2.45, 2.75) is 32.1 Å². The lowest BCUT2D eigenvalue weighted by molar-refractivity contribution is 0.0692. The average Bonchev–Trinajstić information content (AvgIpc) is 3.49. The van der Waals surface area contributed by atoms with Crippen molar-refractivity contribution in [3.8, 4) is 5.75 Å². The largest absolute Gasteiger partial charge is 0.755 e. The quantitative estimate of drug-likeness (QED) is 0.519. The molecule has 3 unspecified atom stereocenters. The zero-order valence-corrected chi connectivity index (χ0v) is 20.1. The molecule has 9 heteroatoms. The maximum atomic E-state index is 12.5. The molecule has 0 spiro atoms. The van der Waals surface area contributed by atoms with E-state index in [1.165, 1.54) is 6.42 Å². The maximum Gasteiger partial charge on any atom is 0.341 e. The minimum Gasteiger partial charge on any atom is -0.755 e. The normalized spacial score (nSPS) is 24.0. The molecule has 8 nitrogen and oxygen atoms in total. The molecule has 2 fully saturated rings. The van der Waals surface area contributed by atoms with E-state index in [0.29, 0.717) is 48.0 Å². The van der Waals surface area contributed by atoms with Gasteiger partial charge in [0.2, 0.25) is 0 Å². The molecule has 182 valence electrons. The number of carboxylic acids is 1. The summed E-state index contributed by atoms with van der Waals surface area (Å²) in [6.45, 7) is 6.64. The van der Waals surface area contributed by atoms with E-state index < -0.39 is 17.2 Å². The second-order valence-corrected chi connectivity index (χ2v) is 10.2. The predicted molar refractivity (Wildman–Crippen MR) is 131 cm³/mol. The van der Waals surface area contributed by atoms with Gasteiger partial charge in [0.05, 0.1) is 34.9 Å². The van der Waals surface area contributed by atoms with Crippen molar-refractivity contribution in [2.24, 2.45) is 11.8 Å². The summed E-state index contributed by atoms with van der Waals surface area (Å²) in [6.07, 6.45) is 3.14. The van der Waals surface area contributed by atoms with Crippen molar-refractivity contribution in [1.82, 2.24) is 4.90 Å². The lowest BCUT2D eigenvalue weighted by Crippen LogP contribution is -2.25. The van der Waals surface area contributed by atoms with E-state index in [1.807, 2.05) is 18.2 Å². The van der Waals surface area contributed by atoms with Gasteiger partial charge in [-0.25, -0.2) is 4.79 Å². The molecule has 2 heterocycles. The molecule has 1 saturated heterocycles. The molecular formula is C25H30N3O5S-. The Hall–Kier alpha value is -2.62. The van der Waals surface area contributed by atoms with E-state index in [-0.39, 0.29) is 11.3 Å². The van der Waals surface area contributed by atoms with Crippen LogP contribution in [0.3, 0.4) is 0 Å². The summed E-state index contributed by atoms with van der Waals surface area (Å²) in [5.41, 5.74) is 1.88. The summed E-state index contributed by atoms with van der Waals surface area (Å²) in [5, 5.41) is 13.4. The zero-order valence-electron chi connectivity index (χ0n) is 19.2. The van der Waals surface area contributed by atoms with Gasteiger partial charge in [0, 0.05) is 19.0 Å². The number of likely N-dealkylation sites (tertiary alicyclic amines) is 1. The highest BCUT2D eigenvalue weighted by atomic mass is 32.2. The molecule has 0 bridgehead atoms. The van der Waals surface area contributed by atoms with Gasteiger partial charge < -0.3 is 24.6 Å². The van der Waals surface area contributed by atoms with E-state index in [9.17, 15) is 18.7 Å². The summed E-state index contributed by atoms with van der Waals surface area (Å²) in [4.78, 5) is 14.7. The first-order valence-electron chi connectivity index (χ1n) is 12.0. The van der Waals surface area contributed by atoms with Crippen LogP contribution < -0.4 is 14.4 Å². The molecule has 1 aliphatic carbocycles. The number of aromatic carboxylic acids is 1. The Kier molecular flexibility index (Phi) is 6.50. The first-order chi connectivity index (χ1) is 16.5. The number of rotatable bonds is 9. The molecule has 2 aromatic rings. The Labute approximate surface area is 202 Å². The Morgan fingerprint density at radius 3 is 2.85 bits per heavy atom. The van der Waals surface area contributed by atoms with Crippen molar-refractivity contribution < 1.29 is 23.4 Å². The van der Waals surface area contributed by atoms with Crippen LogP contribution in [0.5, 0.6) is 5.75 Å². The van der Waals surface area contributed by atoms with E-state index in [4.69, 9.17) is 4.74 Å². The summed E-state index contributed by atoms with van der Waals surface area (Å²) >= 11 is -2.74. The number of carboxylic acid groups (broad SMARTS) is 1. The van der Waals surface area contributed by atoms with Crippen LogP contribution in [0.4, 0.5) is 17.1 Å². The highest BCUT2D eigenvalue weighted by Crippen LogP contribution is 2.56. The lowest BCUT2D eigenvalue weighted by atomic mass is 10.00. The minimum atomic E-state index is -2.74. The van der Waals surface area contributed by atoms with Gasteiger partial charge in [-0.2, -0.15) is 0 Å². The highest BCUT2D eigenvalue weighted by molar-refractivity contribution is 7.81. The van der Waals surface area contributed by atoms with E-state index in [0.717, 1.165) is 42.3 Å². The highest BCUT2D eigenvalue weighted by Gasteiger charge is 2.45. The third-order valence-corrected chi connectivity index (χ3v) is 8.01. The molecule has 5 rings (SSSR count). The van der Waals surface area contributed by atoms with Crippen molar-refractivity contribution in [2.75, 3.05) is 42.4 Å². The van der Waals surface area contributed by atoms with Crippen LogP contribution in [-0.4, -0.2) is 57.5 Å². The number of para-hydroxylation sites is 2. The average molecular weight is 485 g/mol. The number of benzene rings is 2. The van der Waals surface area contributed by atoms with Crippen LogP contribution in [-0.2, 0) is 11.3 Å². The fourth-order valence-corrected chi connectivity index (χ4v) is 5.98. The predicted octanol–water partition coefficient (Wildman–Crippen LogP) is 3.96. The topological polar surface area (TPSA) is 105 Å². The van der Waals surface area contributed by atoms with Gasteiger partial charge in [0.15, 0.2) is 0 Å². The SMILES string of the molecule is CCN1CC[C@@H](CCNc2ccccc2N(c2ccc3c(c2C(=O)O)OCC2CC32)S(=O)[O-])C1. The molecule has 3 aliphatic rings. The summed E-state index contributed by atoms with van der Waals surface area (Å²) < 4.78 is 31.8. The third kappa shape index (κ3) is 4.39. The van der Waals surface area contributed by atoms with Crippen molar-refractivity contribution in [3.63, 3.8) is 0 Å². The van der Waals surface area contributed by atoms with Crippen molar-refractivity contribution in [3.05, 3.63) is 47.5 Å². The summed E-state index contributed by atoms with van der Waals surface area (Å²) in [7, 11) is 0. The second kappa shape index (κ2) is 9.56. The third-order valence-electron chi connectivity index (χ3n) is 7.32. The molecule has 2 aliphatic heterocycles. The van der Waals surface area contributed by atoms with Gasteiger partial charge in [0.25, 0.3) is 0 Å². The molecule has 0 aromatic heterocycles. The molecule has 0 radical (unpaired) electrons. The number of nitrogens with zero attached hydrogens (tertiary/aromatic N) is 2. The fraction of sp³-hybridized carbons (Fsp3) is 0.480. The van der Waals surface area contributed by atoms with Crippen LogP contribution in [0.25, 0.3) is 0 Å². The maximum absolute atomic E-state index is 12.5. The summed E-state index contributed by atoms with van der Waals surface area (Å²) in [6, 6.07) is 10.5. The number of hydrogen-bond donors (Lipinski definition) is 2. The lowest BCUT2D eigenvalue weighted by Gasteiger charge is -2.31. The Balaban J connectivity index is 1.43. The number of anilines is 3. The first-order valence-corrected chi connectivity index (χ1v) is 13.0. The number of nitrogens with one attached hydrogen (secondary N) is 1. The van der Waals surface area contributed by atoms with Crippen molar-refractivity contribution in [1.29, 1.82) is 0 Å². The van der Waals surface area contributed by atoms with E-state index in [2.05, 4.69) is 17.1 Å². The number of ether oxygens (including phenoxy) is 1. The van der Waals surface area contributed by atoms with Crippen LogP contribution in [0.1, 0.15) is 48.0 Å². The van der Waals surface area contributed by atoms with E-state index >= 15 is 0 Å². The number of hydrogen-bond acceptors (Lipinski definition) is 6. The molecule has 1 saturated carbocycles. The van der Waals surface area contributed by atoms with Gasteiger partial charge >= 0.3 is 5.97 Å². The van der Waals surface area contributed by atoms with Crippen LogP contribution in [0.2, 0.25) is 0 Å². The second-order valence-electron chi connectivity index (χ2n) is 9.39. The minimum absolute atomic E-state index is 0.0855.